The van der Waals surface area contributed by atoms with Crippen LogP contribution in [0, 0.1) is 0 Å². The monoisotopic (exact) mass is 157 g/mol. The fraction of sp³-hybridized carbons (Fsp3) is 1.00. The Kier molecular flexibility index (Phi) is 2.11. The molecule has 0 aromatic rings. The summed E-state index contributed by atoms with van der Waals surface area (Å²) in [5.41, 5.74) is 5.81. The summed E-state index contributed by atoms with van der Waals surface area (Å²) in [6.45, 7) is 1.50. The van der Waals surface area contributed by atoms with Gasteiger partial charge in [0.05, 0.1) is 25.4 Å². The van der Waals surface area contributed by atoms with E-state index < -0.39 is 0 Å². The van der Waals surface area contributed by atoms with Crippen LogP contribution < -0.4 is 5.73 Å². The zero-order chi connectivity index (χ0) is 7.68. The highest BCUT2D eigenvalue weighted by molar-refractivity contribution is 4.84. The maximum absolute atomic E-state index is 5.81. The Morgan fingerprint density at radius 1 is 1.00 bits per heavy atom. The summed E-state index contributed by atoms with van der Waals surface area (Å²) in [7, 11) is 0. The molecule has 0 unspecified atom stereocenters. The van der Waals surface area contributed by atoms with Gasteiger partial charge in [0, 0.05) is 6.04 Å². The molecule has 1 aliphatic heterocycles. The van der Waals surface area contributed by atoms with E-state index in [1.54, 1.807) is 0 Å². The number of hydrogen-bond acceptors (Lipinski definition) is 3. The van der Waals surface area contributed by atoms with E-state index in [1.165, 1.54) is 0 Å². The maximum atomic E-state index is 5.81. The molecule has 0 spiro atoms. The second kappa shape index (κ2) is 3.09. The second-order valence-electron chi connectivity index (χ2n) is 3.39. The molecule has 0 aromatic heterocycles. The average Bonchev–Trinajstić information content (AvgIpc) is 2.04. The van der Waals surface area contributed by atoms with Gasteiger partial charge in [0.15, 0.2) is 0 Å². The number of rotatable bonds is 0. The summed E-state index contributed by atoms with van der Waals surface area (Å²) >= 11 is 0. The molecular weight excluding hydrogens is 142 g/mol. The lowest BCUT2D eigenvalue weighted by Crippen LogP contribution is -2.46. The minimum absolute atomic E-state index is 0.285. The molecule has 2 N–H and O–H groups in total. The van der Waals surface area contributed by atoms with E-state index in [-0.39, 0.29) is 6.10 Å². The van der Waals surface area contributed by atoms with Gasteiger partial charge in [0.25, 0.3) is 0 Å². The second-order valence-corrected chi connectivity index (χ2v) is 3.39. The number of hydrogen-bond donors (Lipinski definition) is 1. The largest absolute Gasteiger partial charge is 0.373 e. The Morgan fingerprint density at radius 2 is 1.73 bits per heavy atom. The van der Waals surface area contributed by atoms with Crippen LogP contribution in [0.1, 0.15) is 19.3 Å². The minimum Gasteiger partial charge on any atom is -0.373 e. The standard InChI is InChI=1S/C8H15NO2/c9-6-1-2-7-8(5-6)11-4-3-10-7/h6-8H,1-5,9H2/t6-,7+,8-/m1/s1. The lowest BCUT2D eigenvalue weighted by molar-refractivity contribution is -0.156. The van der Waals surface area contributed by atoms with Crippen molar-refractivity contribution in [3.8, 4) is 0 Å². The predicted molar refractivity (Wildman–Crippen MR) is 41.3 cm³/mol. The van der Waals surface area contributed by atoms with E-state index in [4.69, 9.17) is 15.2 Å². The summed E-state index contributed by atoms with van der Waals surface area (Å²) in [5.74, 6) is 0. The normalized spacial score (nSPS) is 45.0. The summed E-state index contributed by atoms with van der Waals surface area (Å²) < 4.78 is 11.1. The van der Waals surface area contributed by atoms with Gasteiger partial charge in [0.1, 0.15) is 0 Å². The Morgan fingerprint density at radius 3 is 2.55 bits per heavy atom. The van der Waals surface area contributed by atoms with Gasteiger partial charge in [-0.05, 0) is 19.3 Å². The lowest BCUT2D eigenvalue weighted by atomic mass is 9.90. The van der Waals surface area contributed by atoms with Crippen LogP contribution >= 0.6 is 0 Å². The van der Waals surface area contributed by atoms with Crippen molar-refractivity contribution in [2.24, 2.45) is 5.73 Å². The third-order valence-electron chi connectivity index (χ3n) is 2.52. The van der Waals surface area contributed by atoms with Gasteiger partial charge in [-0.1, -0.05) is 0 Å². The molecule has 2 rings (SSSR count). The Balaban J connectivity index is 1.93. The molecule has 2 fully saturated rings. The maximum Gasteiger partial charge on any atom is 0.0852 e. The molecule has 1 saturated carbocycles. The van der Waals surface area contributed by atoms with E-state index in [1.807, 2.05) is 0 Å². The molecule has 11 heavy (non-hydrogen) atoms. The van der Waals surface area contributed by atoms with Crippen molar-refractivity contribution < 1.29 is 9.47 Å². The van der Waals surface area contributed by atoms with Gasteiger partial charge in [-0.25, -0.2) is 0 Å². The van der Waals surface area contributed by atoms with Crippen molar-refractivity contribution in [1.82, 2.24) is 0 Å². The van der Waals surface area contributed by atoms with Crippen molar-refractivity contribution in [2.75, 3.05) is 13.2 Å². The Labute approximate surface area is 66.8 Å². The first-order valence-electron chi connectivity index (χ1n) is 4.35. The van der Waals surface area contributed by atoms with Gasteiger partial charge < -0.3 is 15.2 Å². The topological polar surface area (TPSA) is 44.5 Å². The van der Waals surface area contributed by atoms with Crippen molar-refractivity contribution in [2.45, 2.75) is 37.5 Å². The third kappa shape index (κ3) is 1.55. The molecule has 3 atom stereocenters. The molecule has 0 amide bonds. The quantitative estimate of drug-likeness (QED) is 0.549. The highest BCUT2D eigenvalue weighted by Gasteiger charge is 2.32. The highest BCUT2D eigenvalue weighted by Crippen LogP contribution is 2.25. The summed E-state index contributed by atoms with van der Waals surface area (Å²) in [6, 6.07) is 0.331. The van der Waals surface area contributed by atoms with Crippen molar-refractivity contribution in [3.63, 3.8) is 0 Å². The first-order valence-corrected chi connectivity index (χ1v) is 4.35. The molecule has 0 bridgehead atoms. The smallest absolute Gasteiger partial charge is 0.0852 e. The third-order valence-corrected chi connectivity index (χ3v) is 2.52. The fourth-order valence-electron chi connectivity index (χ4n) is 1.90. The van der Waals surface area contributed by atoms with E-state index in [0.29, 0.717) is 12.1 Å². The van der Waals surface area contributed by atoms with Crippen LogP contribution in [0.2, 0.25) is 0 Å². The van der Waals surface area contributed by atoms with Gasteiger partial charge >= 0.3 is 0 Å². The van der Waals surface area contributed by atoms with Crippen molar-refractivity contribution in [3.05, 3.63) is 0 Å². The molecule has 1 saturated heterocycles. The summed E-state index contributed by atoms with van der Waals surface area (Å²) in [5, 5.41) is 0. The molecule has 0 radical (unpaired) electrons. The summed E-state index contributed by atoms with van der Waals surface area (Å²) in [4.78, 5) is 0. The summed E-state index contributed by atoms with van der Waals surface area (Å²) in [6.07, 6.45) is 3.76. The van der Waals surface area contributed by atoms with Crippen LogP contribution in [-0.4, -0.2) is 31.5 Å². The van der Waals surface area contributed by atoms with E-state index in [2.05, 4.69) is 0 Å². The Bertz CT molecular complexity index is 140. The molecule has 2 aliphatic rings. The minimum atomic E-state index is 0.285. The molecule has 0 aromatic carbocycles. The zero-order valence-electron chi connectivity index (χ0n) is 6.66. The molecule has 1 aliphatic carbocycles. The van der Waals surface area contributed by atoms with Gasteiger partial charge in [0.2, 0.25) is 0 Å². The van der Waals surface area contributed by atoms with Crippen LogP contribution in [0.15, 0.2) is 0 Å². The molecule has 3 heteroatoms. The SMILES string of the molecule is N[C@@H]1CC[C@@H]2OCCO[C@@H]2C1. The zero-order valence-corrected chi connectivity index (χ0v) is 6.66. The van der Waals surface area contributed by atoms with E-state index >= 15 is 0 Å². The van der Waals surface area contributed by atoms with Gasteiger partial charge in [-0.15, -0.1) is 0 Å². The Hall–Kier alpha value is -0.120. The van der Waals surface area contributed by atoms with Crippen LogP contribution in [0.25, 0.3) is 0 Å². The van der Waals surface area contributed by atoms with Crippen molar-refractivity contribution >= 4 is 0 Å². The first-order chi connectivity index (χ1) is 5.36. The molecular formula is C8H15NO2. The molecule has 1 heterocycles. The predicted octanol–water partition coefficient (Wildman–Crippen LogP) is 0.282. The van der Waals surface area contributed by atoms with Crippen LogP contribution in [0.4, 0.5) is 0 Å². The van der Waals surface area contributed by atoms with Crippen LogP contribution in [0.3, 0.4) is 0 Å². The molecule has 64 valence electrons. The fourth-order valence-corrected chi connectivity index (χ4v) is 1.90. The van der Waals surface area contributed by atoms with E-state index in [9.17, 15) is 0 Å². The van der Waals surface area contributed by atoms with Gasteiger partial charge in [-0.2, -0.15) is 0 Å². The average molecular weight is 157 g/mol. The number of ether oxygens (including phenoxy) is 2. The van der Waals surface area contributed by atoms with Crippen LogP contribution in [-0.2, 0) is 9.47 Å². The first kappa shape index (κ1) is 7.53. The lowest BCUT2D eigenvalue weighted by Gasteiger charge is -2.37. The highest BCUT2D eigenvalue weighted by atomic mass is 16.6. The number of fused-ring (bicyclic) bond motifs is 1. The molecule has 3 nitrogen and oxygen atoms in total. The van der Waals surface area contributed by atoms with Crippen LogP contribution in [0.5, 0.6) is 0 Å². The number of nitrogens with two attached hydrogens (primary N) is 1. The van der Waals surface area contributed by atoms with E-state index in [0.717, 1.165) is 32.5 Å². The van der Waals surface area contributed by atoms with Gasteiger partial charge in [-0.3, -0.25) is 0 Å². The van der Waals surface area contributed by atoms with Crippen molar-refractivity contribution in [1.29, 1.82) is 0 Å².